The van der Waals surface area contributed by atoms with Gasteiger partial charge in [-0.2, -0.15) is 5.10 Å². The summed E-state index contributed by atoms with van der Waals surface area (Å²) in [5.41, 5.74) is 3.69. The van der Waals surface area contributed by atoms with Crippen molar-refractivity contribution in [3.05, 3.63) is 47.2 Å². The normalized spacial score (nSPS) is 11.1. The van der Waals surface area contributed by atoms with E-state index in [1.165, 1.54) is 16.9 Å². The molecule has 0 aliphatic rings. The maximum absolute atomic E-state index is 4.57. The van der Waals surface area contributed by atoms with Crippen LogP contribution in [0.3, 0.4) is 0 Å². The van der Waals surface area contributed by atoms with Gasteiger partial charge in [0.25, 0.3) is 0 Å². The highest BCUT2D eigenvalue weighted by Gasteiger charge is 2.21. The first kappa shape index (κ1) is 15.1. The molecule has 0 fully saturated rings. The molecule has 0 spiro atoms. The second-order valence-corrected chi connectivity index (χ2v) is 5.91. The van der Waals surface area contributed by atoms with Gasteiger partial charge in [0.05, 0.1) is 5.69 Å². The summed E-state index contributed by atoms with van der Waals surface area (Å²) in [4.78, 5) is 2.41. The molecule has 4 heteroatoms. The van der Waals surface area contributed by atoms with E-state index in [2.05, 4.69) is 77.0 Å². The molecule has 2 rings (SSSR count). The summed E-state index contributed by atoms with van der Waals surface area (Å²) in [6.45, 7) is 7.42. The van der Waals surface area contributed by atoms with Crippen molar-refractivity contribution in [2.24, 2.45) is 7.05 Å². The van der Waals surface area contributed by atoms with E-state index in [0.717, 1.165) is 17.6 Å². The van der Waals surface area contributed by atoms with Gasteiger partial charge in [0.1, 0.15) is 5.82 Å². The van der Waals surface area contributed by atoms with Crippen molar-refractivity contribution >= 4 is 21.7 Å². The van der Waals surface area contributed by atoms with Crippen LogP contribution in [0.1, 0.15) is 30.7 Å². The van der Waals surface area contributed by atoms with Crippen molar-refractivity contribution in [2.45, 2.75) is 38.7 Å². The molecule has 0 amide bonds. The van der Waals surface area contributed by atoms with Gasteiger partial charge in [-0.3, -0.25) is 4.68 Å². The van der Waals surface area contributed by atoms with Crippen molar-refractivity contribution in [1.82, 2.24) is 9.78 Å². The Balaban J connectivity index is 2.39. The van der Waals surface area contributed by atoms with Gasteiger partial charge in [-0.1, -0.05) is 46.3 Å². The molecule has 1 heterocycles. The van der Waals surface area contributed by atoms with Crippen LogP contribution in [0.5, 0.6) is 0 Å². The van der Waals surface area contributed by atoms with Crippen LogP contribution in [0.4, 0.5) is 5.82 Å². The first-order valence-corrected chi connectivity index (χ1v) is 8.05. The zero-order valence-electron chi connectivity index (χ0n) is 12.6. The van der Waals surface area contributed by atoms with Gasteiger partial charge in [-0.25, -0.2) is 0 Å². The molecular formula is C16H22BrN3. The molecule has 0 radical (unpaired) electrons. The molecule has 0 aliphatic carbocycles. The summed E-state index contributed by atoms with van der Waals surface area (Å²) >= 11 is 3.60. The van der Waals surface area contributed by atoms with Crippen LogP contribution >= 0.6 is 15.9 Å². The molecule has 0 N–H and O–H groups in total. The van der Waals surface area contributed by atoms with Gasteiger partial charge >= 0.3 is 0 Å². The van der Waals surface area contributed by atoms with Gasteiger partial charge in [0.2, 0.25) is 0 Å². The number of benzene rings is 1. The van der Waals surface area contributed by atoms with E-state index in [-0.39, 0.29) is 0 Å². The fraction of sp³-hybridized carbons (Fsp3) is 0.438. The van der Waals surface area contributed by atoms with Crippen LogP contribution in [0.25, 0.3) is 0 Å². The van der Waals surface area contributed by atoms with Crippen LogP contribution in [0.2, 0.25) is 0 Å². The minimum atomic E-state index is 0.419. The molecule has 2 aromatic rings. The number of hydrogen-bond donors (Lipinski definition) is 0. The zero-order chi connectivity index (χ0) is 14.7. The van der Waals surface area contributed by atoms with Gasteiger partial charge < -0.3 is 4.90 Å². The van der Waals surface area contributed by atoms with Crippen molar-refractivity contribution in [1.29, 1.82) is 0 Å². The summed E-state index contributed by atoms with van der Waals surface area (Å²) in [6, 6.07) is 11.0. The predicted octanol–water partition coefficient (Wildman–Crippen LogP) is 4.04. The Hall–Kier alpha value is -1.29. The standard InChI is InChI=1S/C16H22BrN3/c1-12(2)20(11-14-8-6-5-7-9-14)16-15(10-17)13(3)18-19(16)4/h5-9,12H,10-11H2,1-4H3. The quantitative estimate of drug-likeness (QED) is 0.769. The Bertz CT molecular complexity index is 561. The number of alkyl halides is 1. The minimum absolute atomic E-state index is 0.419. The molecule has 0 atom stereocenters. The monoisotopic (exact) mass is 335 g/mol. The van der Waals surface area contributed by atoms with Gasteiger partial charge in [-0.15, -0.1) is 0 Å². The molecule has 108 valence electrons. The molecule has 20 heavy (non-hydrogen) atoms. The third-order valence-corrected chi connectivity index (χ3v) is 4.10. The molecule has 0 saturated carbocycles. The summed E-state index contributed by atoms with van der Waals surface area (Å²) < 4.78 is 1.99. The number of hydrogen-bond acceptors (Lipinski definition) is 2. The highest BCUT2D eigenvalue weighted by atomic mass is 79.9. The van der Waals surface area contributed by atoms with E-state index in [0.29, 0.717) is 6.04 Å². The van der Waals surface area contributed by atoms with Crippen molar-refractivity contribution in [3.8, 4) is 0 Å². The topological polar surface area (TPSA) is 21.1 Å². The summed E-state index contributed by atoms with van der Waals surface area (Å²) in [5.74, 6) is 1.21. The molecule has 1 aromatic carbocycles. The molecule has 0 aliphatic heterocycles. The fourth-order valence-corrected chi connectivity index (χ4v) is 3.14. The lowest BCUT2D eigenvalue weighted by Gasteiger charge is -2.30. The molecule has 0 saturated heterocycles. The number of nitrogens with zero attached hydrogens (tertiary/aromatic N) is 3. The van der Waals surface area contributed by atoms with Crippen LogP contribution in [0, 0.1) is 6.92 Å². The lowest BCUT2D eigenvalue weighted by atomic mass is 10.1. The van der Waals surface area contributed by atoms with Gasteiger partial charge in [-0.05, 0) is 26.3 Å². The zero-order valence-corrected chi connectivity index (χ0v) is 14.2. The Morgan fingerprint density at radius 1 is 1.25 bits per heavy atom. The third-order valence-electron chi connectivity index (χ3n) is 3.54. The Morgan fingerprint density at radius 2 is 1.90 bits per heavy atom. The maximum Gasteiger partial charge on any atom is 0.131 e. The summed E-state index contributed by atoms with van der Waals surface area (Å²) in [6.07, 6.45) is 0. The highest BCUT2D eigenvalue weighted by molar-refractivity contribution is 9.08. The minimum Gasteiger partial charge on any atom is -0.350 e. The van der Waals surface area contributed by atoms with Crippen molar-refractivity contribution in [2.75, 3.05) is 4.90 Å². The van der Waals surface area contributed by atoms with Crippen molar-refractivity contribution in [3.63, 3.8) is 0 Å². The van der Waals surface area contributed by atoms with Crippen LogP contribution in [-0.2, 0) is 18.9 Å². The maximum atomic E-state index is 4.57. The van der Waals surface area contributed by atoms with E-state index in [9.17, 15) is 0 Å². The van der Waals surface area contributed by atoms with Crippen molar-refractivity contribution < 1.29 is 0 Å². The number of aryl methyl sites for hydroxylation is 2. The Morgan fingerprint density at radius 3 is 2.45 bits per heavy atom. The average molecular weight is 336 g/mol. The SMILES string of the molecule is Cc1nn(C)c(N(Cc2ccccc2)C(C)C)c1CBr. The van der Waals surface area contributed by atoms with E-state index < -0.39 is 0 Å². The molecule has 0 unspecified atom stereocenters. The van der Waals surface area contributed by atoms with E-state index in [1.807, 2.05) is 11.7 Å². The molecule has 3 nitrogen and oxygen atoms in total. The number of rotatable bonds is 5. The van der Waals surface area contributed by atoms with Crippen LogP contribution in [0.15, 0.2) is 30.3 Å². The van der Waals surface area contributed by atoms with E-state index in [1.54, 1.807) is 0 Å². The predicted molar refractivity (Wildman–Crippen MR) is 88.3 cm³/mol. The Labute approximate surface area is 129 Å². The Kier molecular flexibility index (Phi) is 4.86. The second-order valence-electron chi connectivity index (χ2n) is 5.35. The lowest BCUT2D eigenvalue weighted by Crippen LogP contribution is -2.32. The van der Waals surface area contributed by atoms with Crippen LogP contribution < -0.4 is 4.90 Å². The first-order chi connectivity index (χ1) is 9.54. The largest absolute Gasteiger partial charge is 0.350 e. The van der Waals surface area contributed by atoms with E-state index >= 15 is 0 Å². The average Bonchev–Trinajstić information content (AvgIpc) is 2.70. The molecule has 1 aromatic heterocycles. The summed E-state index contributed by atoms with van der Waals surface area (Å²) in [5, 5.41) is 5.41. The number of anilines is 1. The number of halogens is 1. The van der Waals surface area contributed by atoms with Gasteiger partial charge in [0, 0.05) is 30.5 Å². The van der Waals surface area contributed by atoms with Crippen LogP contribution in [-0.4, -0.2) is 15.8 Å². The van der Waals surface area contributed by atoms with E-state index in [4.69, 9.17) is 0 Å². The molecular weight excluding hydrogens is 314 g/mol. The highest BCUT2D eigenvalue weighted by Crippen LogP contribution is 2.28. The number of aromatic nitrogens is 2. The molecule has 0 bridgehead atoms. The third kappa shape index (κ3) is 3.06. The lowest BCUT2D eigenvalue weighted by molar-refractivity contribution is 0.633. The second kappa shape index (κ2) is 6.44. The fourth-order valence-electron chi connectivity index (χ4n) is 2.49. The summed E-state index contributed by atoms with van der Waals surface area (Å²) in [7, 11) is 2.02. The van der Waals surface area contributed by atoms with Gasteiger partial charge in [0.15, 0.2) is 0 Å². The smallest absolute Gasteiger partial charge is 0.131 e. The first-order valence-electron chi connectivity index (χ1n) is 6.93.